The fraction of sp³-hybridized carbons (Fsp3) is 0.571. The molecule has 0 aliphatic carbocycles. The summed E-state index contributed by atoms with van der Waals surface area (Å²) in [5.41, 5.74) is 2.13. The number of carbonyl (C=O) groups is 1. The van der Waals surface area contributed by atoms with Crippen LogP contribution in [0.1, 0.15) is 39.2 Å². The van der Waals surface area contributed by atoms with E-state index in [1.165, 1.54) is 0 Å². The van der Waals surface area contributed by atoms with Crippen LogP contribution in [-0.4, -0.2) is 43.7 Å². The Balaban J connectivity index is 1.87. The number of piperidine rings is 1. The summed E-state index contributed by atoms with van der Waals surface area (Å²) in [6, 6.07) is 6.45. The molecule has 5 nitrogen and oxygen atoms in total. The largest absolute Gasteiger partial charge is 0.493 e. The second-order valence-electron chi connectivity index (χ2n) is 7.37. The molecule has 1 aromatic carbocycles. The lowest BCUT2D eigenvalue weighted by Gasteiger charge is -2.33. The number of hydrogen-bond donors (Lipinski definition) is 1. The zero-order chi connectivity index (χ0) is 19.1. The van der Waals surface area contributed by atoms with E-state index in [0.717, 1.165) is 55.1 Å². The lowest BCUT2D eigenvalue weighted by Crippen LogP contribution is -2.45. The maximum atomic E-state index is 12.1. The van der Waals surface area contributed by atoms with Gasteiger partial charge >= 0.3 is 0 Å². The summed E-state index contributed by atoms with van der Waals surface area (Å²) >= 11 is 0. The average molecular weight is 360 g/mol. The van der Waals surface area contributed by atoms with Gasteiger partial charge in [0.1, 0.15) is 6.61 Å². The normalized spacial score (nSPS) is 15.2. The Morgan fingerprint density at radius 1 is 1.31 bits per heavy atom. The molecule has 26 heavy (non-hydrogen) atoms. The molecule has 0 radical (unpaired) electrons. The molecule has 1 aliphatic rings. The number of likely N-dealkylation sites (tertiary alicyclic amines) is 1. The Hall–Kier alpha value is -2.01. The van der Waals surface area contributed by atoms with E-state index in [1.54, 1.807) is 7.11 Å². The van der Waals surface area contributed by atoms with Gasteiger partial charge in [-0.3, -0.25) is 4.79 Å². The first-order valence-electron chi connectivity index (χ1n) is 9.37. The van der Waals surface area contributed by atoms with Gasteiger partial charge in [0.15, 0.2) is 11.5 Å². The van der Waals surface area contributed by atoms with Crippen LogP contribution in [0.25, 0.3) is 0 Å². The van der Waals surface area contributed by atoms with Gasteiger partial charge in [0, 0.05) is 31.6 Å². The number of carbonyl (C=O) groups excluding carboxylic acids is 1. The van der Waals surface area contributed by atoms with Gasteiger partial charge in [-0.25, -0.2) is 0 Å². The van der Waals surface area contributed by atoms with Crippen molar-refractivity contribution in [1.29, 1.82) is 0 Å². The van der Waals surface area contributed by atoms with Gasteiger partial charge in [0.05, 0.1) is 7.11 Å². The number of benzene rings is 1. The van der Waals surface area contributed by atoms with Crippen LogP contribution in [0.2, 0.25) is 0 Å². The molecule has 1 N–H and O–H groups in total. The van der Waals surface area contributed by atoms with Crippen molar-refractivity contribution in [2.24, 2.45) is 5.92 Å². The molecule has 1 aromatic rings. The minimum atomic E-state index is 0.0800. The zero-order valence-electron chi connectivity index (χ0n) is 16.5. The predicted molar refractivity (Wildman–Crippen MR) is 105 cm³/mol. The molecule has 1 saturated heterocycles. The zero-order valence-corrected chi connectivity index (χ0v) is 16.5. The highest BCUT2D eigenvalue weighted by molar-refractivity contribution is 5.78. The number of hydrogen-bond acceptors (Lipinski definition) is 4. The first-order chi connectivity index (χ1) is 12.4. The van der Waals surface area contributed by atoms with Crippen LogP contribution < -0.4 is 14.8 Å². The first-order valence-corrected chi connectivity index (χ1v) is 9.37. The molecular weight excluding hydrogens is 328 g/mol. The number of nitrogens with one attached hydrogen (secondary N) is 1. The minimum Gasteiger partial charge on any atom is -0.493 e. The number of nitrogens with zero attached hydrogens (tertiary/aromatic N) is 1. The van der Waals surface area contributed by atoms with Crippen LogP contribution in [-0.2, 0) is 11.3 Å². The fourth-order valence-electron chi connectivity index (χ4n) is 3.08. The van der Waals surface area contributed by atoms with Crippen LogP contribution in [0.3, 0.4) is 0 Å². The molecule has 144 valence electrons. The highest BCUT2D eigenvalue weighted by Crippen LogP contribution is 2.28. The van der Waals surface area contributed by atoms with Crippen molar-refractivity contribution < 1.29 is 14.3 Å². The Morgan fingerprint density at radius 2 is 2.00 bits per heavy atom. The summed E-state index contributed by atoms with van der Waals surface area (Å²) < 4.78 is 11.2. The van der Waals surface area contributed by atoms with Crippen molar-refractivity contribution in [2.45, 2.75) is 46.2 Å². The quantitative estimate of drug-likeness (QED) is 0.722. The van der Waals surface area contributed by atoms with Crippen LogP contribution in [0.15, 0.2) is 30.4 Å². The van der Waals surface area contributed by atoms with Crippen molar-refractivity contribution in [3.8, 4) is 11.5 Å². The van der Waals surface area contributed by atoms with Gasteiger partial charge in [-0.15, -0.1) is 0 Å². The van der Waals surface area contributed by atoms with Crippen molar-refractivity contribution in [2.75, 3.05) is 26.8 Å². The van der Waals surface area contributed by atoms with Crippen LogP contribution in [0, 0.1) is 5.92 Å². The van der Waals surface area contributed by atoms with Gasteiger partial charge < -0.3 is 19.7 Å². The van der Waals surface area contributed by atoms with Gasteiger partial charge in [-0.1, -0.05) is 26.5 Å². The summed E-state index contributed by atoms with van der Waals surface area (Å²) in [6.45, 7) is 12.7. The Labute approximate surface area is 157 Å². The molecule has 0 atom stereocenters. The maximum absolute atomic E-state index is 12.1. The average Bonchev–Trinajstić information content (AvgIpc) is 2.64. The number of amides is 1. The summed E-state index contributed by atoms with van der Waals surface area (Å²) in [6.07, 6.45) is 1.99. The summed E-state index contributed by atoms with van der Waals surface area (Å²) in [4.78, 5) is 14.1. The van der Waals surface area contributed by atoms with Crippen LogP contribution in [0.5, 0.6) is 11.5 Å². The van der Waals surface area contributed by atoms with E-state index in [0.29, 0.717) is 12.6 Å². The molecule has 1 heterocycles. The maximum Gasteiger partial charge on any atom is 0.225 e. The molecule has 5 heteroatoms. The van der Waals surface area contributed by atoms with Gasteiger partial charge in [0.25, 0.3) is 0 Å². The van der Waals surface area contributed by atoms with Gasteiger partial charge in [0.2, 0.25) is 5.91 Å². The first kappa shape index (κ1) is 20.3. The third-order valence-corrected chi connectivity index (χ3v) is 4.60. The summed E-state index contributed by atoms with van der Waals surface area (Å²) in [5, 5.41) is 3.60. The third-order valence-electron chi connectivity index (χ3n) is 4.60. The molecular formula is C21H32N2O3. The van der Waals surface area contributed by atoms with Crippen molar-refractivity contribution >= 4 is 5.91 Å². The minimum absolute atomic E-state index is 0.0800. The molecule has 0 unspecified atom stereocenters. The fourth-order valence-corrected chi connectivity index (χ4v) is 3.08. The van der Waals surface area contributed by atoms with E-state index in [9.17, 15) is 4.79 Å². The summed E-state index contributed by atoms with van der Waals surface area (Å²) in [5.74, 6) is 1.82. The molecule has 1 fully saturated rings. The molecule has 1 amide bonds. The second kappa shape index (κ2) is 9.62. The van der Waals surface area contributed by atoms with E-state index in [4.69, 9.17) is 9.47 Å². The number of ether oxygens (including phenoxy) is 2. The standard InChI is InChI=1S/C21H32N2O3/c1-15(2)14-26-20-12-17(6-7-19(20)25-5)13-22-18-8-10-23(11-9-18)21(24)16(3)4/h6-7,12,16,18,22H,1,8-11,13-14H2,2-5H3. The molecule has 0 saturated carbocycles. The Bertz CT molecular complexity index is 620. The van der Waals surface area contributed by atoms with E-state index < -0.39 is 0 Å². The van der Waals surface area contributed by atoms with Crippen LogP contribution in [0.4, 0.5) is 0 Å². The second-order valence-corrected chi connectivity index (χ2v) is 7.37. The van der Waals surface area contributed by atoms with E-state index in [1.807, 2.05) is 37.8 Å². The highest BCUT2D eigenvalue weighted by Gasteiger charge is 2.23. The monoisotopic (exact) mass is 360 g/mol. The highest BCUT2D eigenvalue weighted by atomic mass is 16.5. The lowest BCUT2D eigenvalue weighted by atomic mass is 10.0. The van der Waals surface area contributed by atoms with Gasteiger partial charge in [-0.2, -0.15) is 0 Å². The molecule has 1 aliphatic heterocycles. The molecule has 0 bridgehead atoms. The van der Waals surface area contributed by atoms with E-state index in [2.05, 4.69) is 18.0 Å². The Kier molecular flexibility index (Phi) is 7.51. The Morgan fingerprint density at radius 3 is 2.58 bits per heavy atom. The molecule has 0 aromatic heterocycles. The number of methoxy groups -OCH3 is 1. The van der Waals surface area contributed by atoms with Gasteiger partial charge in [-0.05, 0) is 43.0 Å². The van der Waals surface area contributed by atoms with Crippen molar-refractivity contribution in [3.05, 3.63) is 35.9 Å². The molecule has 2 rings (SSSR count). The third kappa shape index (κ3) is 5.77. The van der Waals surface area contributed by atoms with Crippen molar-refractivity contribution in [1.82, 2.24) is 10.2 Å². The lowest BCUT2D eigenvalue weighted by molar-refractivity contribution is -0.135. The van der Waals surface area contributed by atoms with E-state index in [-0.39, 0.29) is 11.8 Å². The smallest absolute Gasteiger partial charge is 0.225 e. The van der Waals surface area contributed by atoms with Crippen LogP contribution >= 0.6 is 0 Å². The summed E-state index contributed by atoms with van der Waals surface area (Å²) in [7, 11) is 1.65. The topological polar surface area (TPSA) is 50.8 Å². The SMILES string of the molecule is C=C(C)COc1cc(CNC2CCN(C(=O)C(C)C)CC2)ccc1OC. The van der Waals surface area contributed by atoms with Crippen molar-refractivity contribution in [3.63, 3.8) is 0 Å². The predicted octanol–water partition coefficient (Wildman–Crippen LogP) is 3.39. The number of rotatable bonds is 8. The van der Waals surface area contributed by atoms with E-state index >= 15 is 0 Å². The molecule has 0 spiro atoms.